The number of hydrogen-bond donors (Lipinski definition) is 1. The fourth-order valence-electron chi connectivity index (χ4n) is 5.23. The molecule has 1 N–H and O–H groups in total. The van der Waals surface area contributed by atoms with Crippen LogP contribution in [0, 0.1) is 0 Å². The van der Waals surface area contributed by atoms with Crippen molar-refractivity contribution >= 4 is 40.7 Å². The Labute approximate surface area is 255 Å². The first kappa shape index (κ1) is 31.8. The minimum Gasteiger partial charge on any atom is -0.334 e. The lowest BCUT2D eigenvalue weighted by atomic mass is 9.94. The highest BCUT2D eigenvalue weighted by Crippen LogP contribution is 2.38. The Balaban J connectivity index is 2.07. The molecule has 0 aliphatic heterocycles. The van der Waals surface area contributed by atoms with Crippen molar-refractivity contribution in [1.82, 2.24) is 9.62 Å². The van der Waals surface area contributed by atoms with Crippen molar-refractivity contribution in [3.63, 3.8) is 0 Å². The minimum atomic E-state index is -1.38. The van der Waals surface area contributed by atoms with Crippen molar-refractivity contribution in [2.75, 3.05) is 0 Å². The van der Waals surface area contributed by atoms with E-state index in [-0.39, 0.29) is 18.0 Å². The highest BCUT2D eigenvalue weighted by molar-refractivity contribution is 7.84. The van der Waals surface area contributed by atoms with Gasteiger partial charge in [-0.15, -0.1) is 0 Å². The van der Waals surface area contributed by atoms with Crippen LogP contribution in [0.25, 0.3) is 0 Å². The van der Waals surface area contributed by atoms with E-state index in [4.69, 9.17) is 0 Å². The van der Waals surface area contributed by atoms with Gasteiger partial charge in [-0.2, -0.15) is 0 Å². The molecular formula is C36H43N2O2PS. The SMILES string of the molecule is CC(C)N(C(=O)c1c([C@H](N[S@](=O)C(C)(C)C)c2ccccc2)cccc1P(c1ccccc1)c1ccccc1)C(C)C. The molecule has 0 radical (unpaired) electrons. The highest BCUT2D eigenvalue weighted by Gasteiger charge is 2.34. The topological polar surface area (TPSA) is 49.4 Å². The lowest BCUT2D eigenvalue weighted by molar-refractivity contribution is 0.0643. The average Bonchev–Trinajstić information content (AvgIpc) is 2.96. The van der Waals surface area contributed by atoms with Gasteiger partial charge in [-0.3, -0.25) is 4.79 Å². The molecule has 4 aromatic rings. The Bertz CT molecular complexity index is 1440. The highest BCUT2D eigenvalue weighted by atomic mass is 32.2. The van der Waals surface area contributed by atoms with E-state index in [1.54, 1.807) is 0 Å². The Morgan fingerprint density at radius 2 is 1.19 bits per heavy atom. The van der Waals surface area contributed by atoms with E-state index in [1.807, 2.05) is 74.2 Å². The van der Waals surface area contributed by atoms with Gasteiger partial charge in [0, 0.05) is 12.1 Å². The zero-order valence-corrected chi connectivity index (χ0v) is 27.5. The van der Waals surface area contributed by atoms with Gasteiger partial charge in [0.2, 0.25) is 0 Å². The van der Waals surface area contributed by atoms with Crippen LogP contribution in [0.2, 0.25) is 0 Å². The van der Waals surface area contributed by atoms with Crippen LogP contribution in [0.4, 0.5) is 0 Å². The number of nitrogens with zero attached hydrogens (tertiary/aromatic N) is 1. The van der Waals surface area contributed by atoms with E-state index in [2.05, 4.69) is 93.1 Å². The summed E-state index contributed by atoms with van der Waals surface area (Å²) in [6, 6.07) is 36.7. The van der Waals surface area contributed by atoms with Crippen LogP contribution in [0.3, 0.4) is 0 Å². The second-order valence-corrected chi connectivity index (χ2v) is 16.2. The summed E-state index contributed by atoms with van der Waals surface area (Å²) in [4.78, 5) is 16.9. The molecule has 0 fully saturated rings. The second kappa shape index (κ2) is 13.9. The van der Waals surface area contributed by atoms with Gasteiger partial charge in [-0.25, -0.2) is 8.93 Å². The molecule has 0 aromatic heterocycles. The number of amides is 1. The molecule has 0 aliphatic rings. The number of carbonyl (C=O) groups is 1. The number of benzene rings is 4. The fourth-order valence-corrected chi connectivity index (χ4v) is 8.54. The summed E-state index contributed by atoms with van der Waals surface area (Å²) in [5, 5.41) is 3.35. The van der Waals surface area contributed by atoms with Crippen molar-refractivity contribution in [2.24, 2.45) is 0 Å². The van der Waals surface area contributed by atoms with Crippen LogP contribution >= 0.6 is 7.92 Å². The molecule has 4 aromatic carbocycles. The molecule has 4 nitrogen and oxygen atoms in total. The third-order valence-electron chi connectivity index (χ3n) is 7.13. The minimum absolute atomic E-state index is 0.00456. The molecule has 4 rings (SSSR count). The summed E-state index contributed by atoms with van der Waals surface area (Å²) in [5.74, 6) is -0.00534. The Kier molecular flexibility index (Phi) is 10.5. The quantitative estimate of drug-likeness (QED) is 0.203. The van der Waals surface area contributed by atoms with Gasteiger partial charge >= 0.3 is 0 Å². The maximum absolute atomic E-state index is 14.9. The van der Waals surface area contributed by atoms with E-state index in [9.17, 15) is 9.00 Å². The van der Waals surface area contributed by atoms with Crippen LogP contribution in [0.1, 0.15) is 76.0 Å². The van der Waals surface area contributed by atoms with E-state index in [0.717, 1.165) is 16.4 Å². The third kappa shape index (κ3) is 7.26. The lowest BCUT2D eigenvalue weighted by Gasteiger charge is -2.35. The standard InChI is InChI=1S/C36H43N2O2PS/c1-26(2)38(27(3)4)35(39)33-31(34(28-18-11-8-12-19-28)37-42(40)36(5,6)7)24-17-25-32(33)41(29-20-13-9-14-21-29)30-22-15-10-16-23-30/h8-27,34,37H,1-7H3/t34-,42-/m1/s1. The predicted octanol–water partition coefficient (Wildman–Crippen LogP) is 6.85. The molecule has 0 saturated heterocycles. The molecule has 2 atom stereocenters. The van der Waals surface area contributed by atoms with Gasteiger partial charge in [0.15, 0.2) is 0 Å². The number of rotatable bonds is 10. The van der Waals surface area contributed by atoms with Gasteiger partial charge in [-0.1, -0.05) is 109 Å². The number of carbonyl (C=O) groups excluding carboxylic acids is 1. The van der Waals surface area contributed by atoms with Crippen molar-refractivity contribution < 1.29 is 9.00 Å². The lowest BCUT2D eigenvalue weighted by Crippen LogP contribution is -2.45. The summed E-state index contributed by atoms with van der Waals surface area (Å²) >= 11 is 0. The van der Waals surface area contributed by atoms with Gasteiger partial charge in [-0.05, 0) is 83.4 Å². The molecule has 6 heteroatoms. The van der Waals surface area contributed by atoms with Crippen molar-refractivity contribution in [1.29, 1.82) is 0 Å². The largest absolute Gasteiger partial charge is 0.334 e. The molecule has 0 heterocycles. The zero-order valence-electron chi connectivity index (χ0n) is 25.7. The van der Waals surface area contributed by atoms with E-state index >= 15 is 0 Å². The molecule has 0 unspecified atom stereocenters. The average molecular weight is 599 g/mol. The molecule has 220 valence electrons. The monoisotopic (exact) mass is 598 g/mol. The van der Waals surface area contributed by atoms with E-state index in [1.165, 1.54) is 10.6 Å². The predicted molar refractivity (Wildman–Crippen MR) is 181 cm³/mol. The first-order chi connectivity index (χ1) is 20.0. The summed E-state index contributed by atoms with van der Waals surface area (Å²) in [5.41, 5.74) is 2.49. The molecule has 42 heavy (non-hydrogen) atoms. The molecule has 0 saturated carbocycles. The smallest absolute Gasteiger partial charge is 0.255 e. The van der Waals surface area contributed by atoms with Crippen molar-refractivity contribution in [3.05, 3.63) is 126 Å². The normalized spacial score (nSPS) is 13.4. The van der Waals surface area contributed by atoms with Crippen LogP contribution in [-0.4, -0.2) is 31.8 Å². The Morgan fingerprint density at radius 1 is 0.714 bits per heavy atom. The maximum atomic E-state index is 14.9. The number of nitrogens with one attached hydrogen (secondary N) is 1. The third-order valence-corrected chi connectivity index (χ3v) is 11.2. The first-order valence-corrected chi connectivity index (χ1v) is 17.1. The first-order valence-electron chi connectivity index (χ1n) is 14.6. The fraction of sp³-hybridized carbons (Fsp3) is 0.306. The van der Waals surface area contributed by atoms with Crippen molar-refractivity contribution in [2.45, 2.75) is 71.3 Å². The van der Waals surface area contributed by atoms with E-state index < -0.39 is 29.7 Å². The number of hydrogen-bond acceptors (Lipinski definition) is 2. The van der Waals surface area contributed by atoms with Crippen molar-refractivity contribution in [3.8, 4) is 0 Å². The van der Waals surface area contributed by atoms with Gasteiger partial charge < -0.3 is 4.90 Å². The molecule has 0 bridgehead atoms. The Hall–Kier alpha value is -3.11. The van der Waals surface area contributed by atoms with Gasteiger partial charge in [0.05, 0.1) is 27.3 Å². The van der Waals surface area contributed by atoms with Crippen LogP contribution in [0.5, 0.6) is 0 Å². The van der Waals surface area contributed by atoms with E-state index in [0.29, 0.717) is 5.56 Å². The van der Waals surface area contributed by atoms with Gasteiger partial charge in [0.1, 0.15) is 0 Å². The summed E-state index contributed by atoms with van der Waals surface area (Å²) in [7, 11) is -2.44. The Morgan fingerprint density at radius 3 is 1.64 bits per heavy atom. The summed E-state index contributed by atoms with van der Waals surface area (Å²) in [6.07, 6.45) is 0. The molecule has 0 spiro atoms. The van der Waals surface area contributed by atoms with Crippen LogP contribution in [-0.2, 0) is 11.0 Å². The van der Waals surface area contributed by atoms with Gasteiger partial charge in [0.25, 0.3) is 5.91 Å². The zero-order chi connectivity index (χ0) is 30.4. The van der Waals surface area contributed by atoms with Crippen LogP contribution in [0.15, 0.2) is 109 Å². The maximum Gasteiger partial charge on any atom is 0.255 e. The summed E-state index contributed by atoms with van der Waals surface area (Å²) in [6.45, 7) is 14.2. The second-order valence-electron chi connectivity index (χ2n) is 12.0. The molecular weight excluding hydrogens is 555 g/mol. The summed E-state index contributed by atoms with van der Waals surface area (Å²) < 4.78 is 16.6. The molecule has 0 aliphatic carbocycles. The molecule has 1 amide bonds. The van der Waals surface area contributed by atoms with Crippen LogP contribution < -0.4 is 20.6 Å².